The molecule has 0 saturated heterocycles. The molecule has 2 aromatic rings. The molecule has 0 amide bonds. The standard InChI is InChI=1S/C14H16BrN3S/c15-11-6-4-5-10(9-11)13-16-17-14(19)18(13)12-7-2-1-3-8-12/h4-6,9,12H,1-3,7-8H2,(H,17,19). The van der Waals surface area contributed by atoms with E-state index in [9.17, 15) is 0 Å². The van der Waals surface area contributed by atoms with Crippen LogP contribution in [-0.4, -0.2) is 14.8 Å². The van der Waals surface area contributed by atoms with Gasteiger partial charge in [0.1, 0.15) is 0 Å². The van der Waals surface area contributed by atoms with Crippen molar-refractivity contribution in [1.82, 2.24) is 14.8 Å². The molecule has 100 valence electrons. The SMILES string of the molecule is S=c1[nH]nc(-c2cccc(Br)c2)n1C1CCCCC1. The maximum absolute atomic E-state index is 5.42. The largest absolute Gasteiger partial charge is 0.297 e. The van der Waals surface area contributed by atoms with Gasteiger partial charge in [-0.05, 0) is 37.2 Å². The van der Waals surface area contributed by atoms with Crippen LogP contribution in [0.2, 0.25) is 0 Å². The zero-order valence-corrected chi connectivity index (χ0v) is 13.0. The summed E-state index contributed by atoms with van der Waals surface area (Å²) >= 11 is 8.93. The minimum absolute atomic E-state index is 0.494. The van der Waals surface area contributed by atoms with Gasteiger partial charge in [0.2, 0.25) is 0 Å². The molecule has 0 atom stereocenters. The molecular weight excluding hydrogens is 322 g/mol. The number of rotatable bonds is 2. The fourth-order valence-corrected chi connectivity index (χ4v) is 3.49. The van der Waals surface area contributed by atoms with E-state index in [1.165, 1.54) is 32.1 Å². The molecule has 1 aliphatic carbocycles. The van der Waals surface area contributed by atoms with Crippen LogP contribution >= 0.6 is 28.1 Å². The van der Waals surface area contributed by atoms with Crippen molar-refractivity contribution in [2.24, 2.45) is 0 Å². The molecule has 1 fully saturated rings. The Bertz CT molecular complexity index is 626. The Kier molecular flexibility index (Phi) is 3.84. The second kappa shape index (κ2) is 5.59. The topological polar surface area (TPSA) is 33.6 Å². The van der Waals surface area contributed by atoms with Crippen molar-refractivity contribution in [3.05, 3.63) is 33.5 Å². The molecule has 3 rings (SSSR count). The highest BCUT2D eigenvalue weighted by molar-refractivity contribution is 9.10. The molecule has 1 saturated carbocycles. The quantitative estimate of drug-likeness (QED) is 0.792. The number of benzene rings is 1. The van der Waals surface area contributed by atoms with Crippen LogP contribution in [-0.2, 0) is 0 Å². The third-order valence-electron chi connectivity index (χ3n) is 3.73. The lowest BCUT2D eigenvalue weighted by Gasteiger charge is -2.24. The number of aromatic amines is 1. The highest BCUT2D eigenvalue weighted by Crippen LogP contribution is 2.32. The highest BCUT2D eigenvalue weighted by Gasteiger charge is 2.20. The highest BCUT2D eigenvalue weighted by atomic mass is 79.9. The first kappa shape index (κ1) is 13.1. The summed E-state index contributed by atoms with van der Waals surface area (Å²) in [4.78, 5) is 0. The summed E-state index contributed by atoms with van der Waals surface area (Å²) < 4.78 is 4.01. The molecule has 1 heterocycles. The van der Waals surface area contributed by atoms with Crippen molar-refractivity contribution < 1.29 is 0 Å². The summed E-state index contributed by atoms with van der Waals surface area (Å²) in [6, 6.07) is 8.71. The Morgan fingerprint density at radius 3 is 2.79 bits per heavy atom. The van der Waals surface area contributed by atoms with Gasteiger partial charge in [0, 0.05) is 16.1 Å². The van der Waals surface area contributed by atoms with Crippen LogP contribution in [0.15, 0.2) is 28.7 Å². The summed E-state index contributed by atoms with van der Waals surface area (Å²) in [5.41, 5.74) is 1.10. The van der Waals surface area contributed by atoms with Crippen LogP contribution in [0.4, 0.5) is 0 Å². The van der Waals surface area contributed by atoms with Gasteiger partial charge in [-0.1, -0.05) is 47.3 Å². The van der Waals surface area contributed by atoms with Gasteiger partial charge >= 0.3 is 0 Å². The monoisotopic (exact) mass is 337 g/mol. The summed E-state index contributed by atoms with van der Waals surface area (Å²) in [5, 5.41) is 7.38. The molecule has 0 unspecified atom stereocenters. The van der Waals surface area contributed by atoms with Crippen molar-refractivity contribution in [1.29, 1.82) is 0 Å². The summed E-state index contributed by atoms with van der Waals surface area (Å²) in [5.74, 6) is 0.957. The van der Waals surface area contributed by atoms with E-state index in [0.29, 0.717) is 6.04 Å². The molecule has 1 aromatic carbocycles. The normalized spacial score (nSPS) is 16.7. The van der Waals surface area contributed by atoms with Crippen LogP contribution in [0.5, 0.6) is 0 Å². The molecule has 1 aromatic heterocycles. The van der Waals surface area contributed by atoms with Crippen LogP contribution in [0, 0.1) is 4.77 Å². The van der Waals surface area contributed by atoms with Crippen molar-refractivity contribution in [2.75, 3.05) is 0 Å². The molecule has 1 aliphatic rings. The summed E-state index contributed by atoms with van der Waals surface area (Å²) in [6.07, 6.45) is 6.32. The fourth-order valence-electron chi connectivity index (χ4n) is 2.81. The lowest BCUT2D eigenvalue weighted by molar-refractivity contribution is 0.352. The van der Waals surface area contributed by atoms with E-state index in [4.69, 9.17) is 12.2 Å². The minimum Gasteiger partial charge on any atom is -0.297 e. The van der Waals surface area contributed by atoms with Crippen LogP contribution in [0.1, 0.15) is 38.1 Å². The predicted octanol–water partition coefficient (Wildman–Crippen LogP) is 4.88. The summed E-state index contributed by atoms with van der Waals surface area (Å²) in [7, 11) is 0. The van der Waals surface area contributed by atoms with Crippen molar-refractivity contribution in [3.8, 4) is 11.4 Å². The Morgan fingerprint density at radius 1 is 1.26 bits per heavy atom. The van der Waals surface area contributed by atoms with Gasteiger partial charge in [0.15, 0.2) is 10.6 Å². The second-order valence-electron chi connectivity index (χ2n) is 5.02. The number of H-pyrrole nitrogens is 1. The van der Waals surface area contributed by atoms with E-state index in [-0.39, 0.29) is 0 Å². The Labute approximate surface area is 126 Å². The number of nitrogens with zero attached hydrogens (tertiary/aromatic N) is 2. The Balaban J connectivity index is 2.05. The van der Waals surface area contributed by atoms with E-state index in [0.717, 1.165) is 20.6 Å². The smallest absolute Gasteiger partial charge is 0.195 e. The third-order valence-corrected chi connectivity index (χ3v) is 4.51. The maximum Gasteiger partial charge on any atom is 0.195 e. The number of hydrogen-bond donors (Lipinski definition) is 1. The lowest BCUT2D eigenvalue weighted by atomic mass is 9.95. The lowest BCUT2D eigenvalue weighted by Crippen LogP contribution is -2.14. The average molecular weight is 338 g/mol. The molecule has 0 spiro atoms. The van der Waals surface area contributed by atoms with Gasteiger partial charge in [-0.15, -0.1) is 0 Å². The van der Waals surface area contributed by atoms with Gasteiger partial charge in [-0.25, -0.2) is 0 Å². The van der Waals surface area contributed by atoms with Crippen LogP contribution < -0.4 is 0 Å². The molecule has 0 aliphatic heterocycles. The summed E-state index contributed by atoms with van der Waals surface area (Å²) in [6.45, 7) is 0. The first-order valence-electron chi connectivity index (χ1n) is 6.68. The molecule has 19 heavy (non-hydrogen) atoms. The van der Waals surface area contributed by atoms with Crippen molar-refractivity contribution in [2.45, 2.75) is 38.1 Å². The predicted molar refractivity (Wildman–Crippen MR) is 82.7 cm³/mol. The minimum atomic E-state index is 0.494. The van der Waals surface area contributed by atoms with E-state index in [2.05, 4.69) is 42.8 Å². The average Bonchev–Trinajstić information content (AvgIpc) is 2.82. The van der Waals surface area contributed by atoms with E-state index < -0.39 is 0 Å². The van der Waals surface area contributed by atoms with Crippen LogP contribution in [0.3, 0.4) is 0 Å². The first-order valence-corrected chi connectivity index (χ1v) is 7.88. The zero-order chi connectivity index (χ0) is 13.2. The molecule has 0 radical (unpaired) electrons. The number of nitrogens with one attached hydrogen (secondary N) is 1. The molecule has 3 nitrogen and oxygen atoms in total. The fraction of sp³-hybridized carbons (Fsp3) is 0.429. The zero-order valence-electron chi connectivity index (χ0n) is 10.6. The van der Waals surface area contributed by atoms with Gasteiger partial charge in [0.25, 0.3) is 0 Å². The third kappa shape index (κ3) is 2.67. The maximum atomic E-state index is 5.42. The van der Waals surface area contributed by atoms with Crippen LogP contribution in [0.25, 0.3) is 11.4 Å². The number of halogens is 1. The molecule has 5 heteroatoms. The van der Waals surface area contributed by atoms with Gasteiger partial charge in [-0.3, -0.25) is 9.67 Å². The van der Waals surface area contributed by atoms with Crippen molar-refractivity contribution in [3.63, 3.8) is 0 Å². The van der Waals surface area contributed by atoms with E-state index >= 15 is 0 Å². The van der Waals surface area contributed by atoms with Gasteiger partial charge < -0.3 is 0 Å². The Hall–Kier alpha value is -0.940. The van der Waals surface area contributed by atoms with Gasteiger partial charge in [0.05, 0.1) is 0 Å². The molecule has 0 bridgehead atoms. The van der Waals surface area contributed by atoms with E-state index in [1.807, 2.05) is 12.1 Å². The second-order valence-corrected chi connectivity index (χ2v) is 6.33. The van der Waals surface area contributed by atoms with E-state index in [1.54, 1.807) is 0 Å². The number of hydrogen-bond acceptors (Lipinski definition) is 2. The Morgan fingerprint density at radius 2 is 2.05 bits per heavy atom. The molecule has 1 N–H and O–H groups in total. The van der Waals surface area contributed by atoms with Gasteiger partial charge in [-0.2, -0.15) is 5.10 Å². The first-order chi connectivity index (χ1) is 9.25. The molecular formula is C14H16BrN3S. The number of aromatic nitrogens is 3. The van der Waals surface area contributed by atoms with Crippen molar-refractivity contribution >= 4 is 28.1 Å².